The molecule has 0 saturated carbocycles. The molecule has 0 fully saturated rings. The lowest BCUT2D eigenvalue weighted by atomic mass is 10.1. The molecular weight excluding hydrogens is 263 g/mol. The Morgan fingerprint density at radius 1 is 1.22 bits per heavy atom. The van der Waals surface area contributed by atoms with E-state index in [4.69, 9.17) is 0 Å². The predicted molar refractivity (Wildman–Crippen MR) is 62.7 cm³/mol. The van der Waals surface area contributed by atoms with Crippen LogP contribution in [0, 0.1) is 7.11 Å². The molecule has 2 nitrogen and oxygen atoms in total. The van der Waals surface area contributed by atoms with Crippen LogP contribution in [-0.2, 0) is 17.5 Å². The molecule has 1 aromatic heterocycles. The van der Waals surface area contributed by atoms with E-state index in [0.29, 0.717) is 16.3 Å². The third-order valence-corrected chi connectivity index (χ3v) is 3.20. The van der Waals surface area contributed by atoms with Gasteiger partial charge in [0, 0.05) is 10.9 Å². The summed E-state index contributed by atoms with van der Waals surface area (Å²) in [5.74, 6) is 0. The molecule has 0 aliphatic carbocycles. The van der Waals surface area contributed by atoms with Crippen molar-refractivity contribution in [2.75, 3.05) is 0 Å². The zero-order valence-electron chi connectivity index (χ0n) is 9.20. The van der Waals surface area contributed by atoms with Crippen LogP contribution in [0.25, 0.3) is 10.6 Å². The van der Waals surface area contributed by atoms with Crippen molar-refractivity contribution in [3.05, 3.63) is 48.0 Å². The fourth-order valence-corrected chi connectivity index (χ4v) is 2.22. The second-order valence-corrected chi connectivity index (χ2v) is 4.43. The predicted octanol–water partition coefficient (Wildman–Crippen LogP) is 4.14. The van der Waals surface area contributed by atoms with E-state index in [-0.39, 0.29) is 6.61 Å². The highest BCUT2D eigenvalue weighted by Gasteiger charge is 2.30. The van der Waals surface area contributed by atoms with Gasteiger partial charge in [0.05, 0.1) is 25.0 Å². The molecule has 1 heterocycles. The quantitative estimate of drug-likeness (QED) is 0.837. The molecule has 6 heteroatoms. The average molecular weight is 272 g/mol. The highest BCUT2D eigenvalue weighted by molar-refractivity contribution is 7.13. The van der Waals surface area contributed by atoms with Gasteiger partial charge in [-0.1, -0.05) is 12.1 Å². The van der Waals surface area contributed by atoms with E-state index < -0.39 is 11.7 Å². The minimum atomic E-state index is -4.31. The molecular formula is C12H9F3NOS. The van der Waals surface area contributed by atoms with Crippen LogP contribution in [0.3, 0.4) is 0 Å². The van der Waals surface area contributed by atoms with Crippen LogP contribution < -0.4 is 0 Å². The molecule has 2 aromatic rings. The first-order valence-corrected chi connectivity index (χ1v) is 5.87. The number of alkyl halides is 3. The molecule has 0 spiro atoms. The Balaban J connectivity index is 2.23. The topological polar surface area (TPSA) is 22.1 Å². The minimum Gasteiger partial charge on any atom is -0.373 e. The lowest BCUT2D eigenvalue weighted by Crippen LogP contribution is -2.03. The van der Waals surface area contributed by atoms with Crippen molar-refractivity contribution in [1.82, 2.24) is 4.98 Å². The Hall–Kier alpha value is -1.40. The van der Waals surface area contributed by atoms with Crippen LogP contribution in [0.15, 0.2) is 29.6 Å². The molecule has 0 bridgehead atoms. The summed E-state index contributed by atoms with van der Waals surface area (Å²) in [4.78, 5) is 4.23. The highest BCUT2D eigenvalue weighted by Crippen LogP contribution is 2.31. The van der Waals surface area contributed by atoms with E-state index in [0.717, 1.165) is 12.1 Å². The fraction of sp³-hybridized carbons (Fsp3) is 0.167. The Kier molecular flexibility index (Phi) is 3.68. The molecule has 1 aromatic carbocycles. The number of hydrogen-bond donors (Lipinski definition) is 0. The van der Waals surface area contributed by atoms with Gasteiger partial charge in [0.2, 0.25) is 0 Å². The summed E-state index contributed by atoms with van der Waals surface area (Å²) in [6.07, 6.45) is -4.31. The van der Waals surface area contributed by atoms with Crippen molar-refractivity contribution in [3.8, 4) is 10.6 Å². The molecule has 1 radical (unpaired) electrons. The third kappa shape index (κ3) is 2.88. The normalized spacial score (nSPS) is 11.8. The van der Waals surface area contributed by atoms with Gasteiger partial charge in [0.1, 0.15) is 5.01 Å². The van der Waals surface area contributed by atoms with Crippen LogP contribution in [0.1, 0.15) is 11.3 Å². The molecule has 95 valence electrons. The van der Waals surface area contributed by atoms with Crippen molar-refractivity contribution in [3.63, 3.8) is 0 Å². The van der Waals surface area contributed by atoms with Gasteiger partial charge in [0.25, 0.3) is 0 Å². The Morgan fingerprint density at radius 2 is 1.89 bits per heavy atom. The molecule has 0 aliphatic heterocycles. The van der Waals surface area contributed by atoms with Gasteiger partial charge < -0.3 is 4.74 Å². The van der Waals surface area contributed by atoms with Crippen molar-refractivity contribution in [2.45, 2.75) is 12.8 Å². The van der Waals surface area contributed by atoms with Gasteiger partial charge >= 0.3 is 6.18 Å². The highest BCUT2D eigenvalue weighted by atomic mass is 32.1. The zero-order valence-corrected chi connectivity index (χ0v) is 10.0. The Labute approximate surface area is 106 Å². The molecule has 0 saturated heterocycles. The molecule has 0 N–H and O–H groups in total. The number of thiazole rings is 1. The molecule has 2 rings (SSSR count). The fourth-order valence-electron chi connectivity index (χ4n) is 1.41. The molecule has 0 unspecified atom stereocenters. The SMILES string of the molecule is [CH2]OCc1csc(-c2ccc(C(F)(F)F)cc2)n1. The monoisotopic (exact) mass is 272 g/mol. The van der Waals surface area contributed by atoms with Crippen molar-refractivity contribution in [1.29, 1.82) is 0 Å². The smallest absolute Gasteiger partial charge is 0.373 e. The van der Waals surface area contributed by atoms with E-state index in [1.807, 2.05) is 0 Å². The molecule has 0 aliphatic rings. The first-order valence-electron chi connectivity index (χ1n) is 4.99. The van der Waals surface area contributed by atoms with Gasteiger partial charge in [-0.25, -0.2) is 4.98 Å². The van der Waals surface area contributed by atoms with E-state index in [1.54, 1.807) is 5.38 Å². The van der Waals surface area contributed by atoms with E-state index in [9.17, 15) is 13.2 Å². The maximum atomic E-state index is 12.4. The molecule has 0 amide bonds. The second kappa shape index (κ2) is 5.07. The van der Waals surface area contributed by atoms with Gasteiger partial charge in [0.15, 0.2) is 0 Å². The van der Waals surface area contributed by atoms with Gasteiger partial charge in [-0.05, 0) is 12.1 Å². The maximum Gasteiger partial charge on any atom is 0.416 e. The summed E-state index contributed by atoms with van der Waals surface area (Å²) in [5, 5.41) is 2.45. The number of ether oxygens (including phenoxy) is 1. The number of aromatic nitrogens is 1. The number of nitrogens with zero attached hydrogens (tertiary/aromatic N) is 1. The molecule has 18 heavy (non-hydrogen) atoms. The van der Waals surface area contributed by atoms with E-state index >= 15 is 0 Å². The standard InChI is InChI=1S/C12H9F3NOS/c1-17-6-10-7-18-11(16-10)8-2-4-9(5-3-8)12(13,14)15/h2-5,7H,1,6H2. The summed E-state index contributed by atoms with van der Waals surface area (Å²) in [6.45, 7) is 0.289. The first-order chi connectivity index (χ1) is 8.50. The van der Waals surface area contributed by atoms with Crippen molar-refractivity contribution >= 4 is 11.3 Å². The van der Waals surface area contributed by atoms with Gasteiger partial charge in [-0.3, -0.25) is 0 Å². The number of halogens is 3. The summed E-state index contributed by atoms with van der Waals surface area (Å²) >= 11 is 1.36. The molecule has 0 atom stereocenters. The van der Waals surface area contributed by atoms with Crippen LogP contribution in [0.5, 0.6) is 0 Å². The third-order valence-electron chi connectivity index (χ3n) is 2.26. The van der Waals surface area contributed by atoms with E-state index in [2.05, 4.69) is 16.8 Å². The van der Waals surface area contributed by atoms with Crippen LogP contribution in [-0.4, -0.2) is 4.98 Å². The Bertz CT molecular complexity index is 519. The Morgan fingerprint density at radius 3 is 2.44 bits per heavy atom. The lowest BCUT2D eigenvalue weighted by Gasteiger charge is -2.06. The van der Waals surface area contributed by atoms with E-state index in [1.165, 1.54) is 23.5 Å². The van der Waals surface area contributed by atoms with Crippen LogP contribution in [0.2, 0.25) is 0 Å². The lowest BCUT2D eigenvalue weighted by molar-refractivity contribution is -0.137. The second-order valence-electron chi connectivity index (χ2n) is 3.57. The minimum absolute atomic E-state index is 0.289. The maximum absolute atomic E-state index is 12.4. The van der Waals surface area contributed by atoms with Gasteiger partial charge in [-0.15, -0.1) is 11.3 Å². The summed E-state index contributed by atoms with van der Waals surface area (Å²) < 4.78 is 41.9. The van der Waals surface area contributed by atoms with Crippen molar-refractivity contribution < 1.29 is 17.9 Å². The number of benzene rings is 1. The van der Waals surface area contributed by atoms with Crippen molar-refractivity contribution in [2.24, 2.45) is 0 Å². The largest absolute Gasteiger partial charge is 0.416 e. The van der Waals surface area contributed by atoms with Crippen LogP contribution >= 0.6 is 11.3 Å². The summed E-state index contributed by atoms with van der Waals surface area (Å²) in [5.41, 5.74) is 0.706. The number of hydrogen-bond acceptors (Lipinski definition) is 3. The summed E-state index contributed by atoms with van der Waals surface area (Å²) in [6, 6.07) is 4.93. The average Bonchev–Trinajstić information content (AvgIpc) is 2.77. The van der Waals surface area contributed by atoms with Crippen LogP contribution in [0.4, 0.5) is 13.2 Å². The summed E-state index contributed by atoms with van der Waals surface area (Å²) in [7, 11) is 3.24. The zero-order chi connectivity index (χ0) is 13.2. The van der Waals surface area contributed by atoms with Gasteiger partial charge in [-0.2, -0.15) is 13.2 Å². The first kappa shape index (κ1) is 13.0. The number of rotatable bonds is 3.